The normalized spacial score (nSPS) is 11.9. The van der Waals surface area contributed by atoms with Gasteiger partial charge in [0.2, 0.25) is 18.6 Å². The van der Waals surface area contributed by atoms with Crippen molar-refractivity contribution in [2.45, 2.75) is 26.3 Å². The van der Waals surface area contributed by atoms with Crippen LogP contribution < -0.4 is 31.4 Å². The average Bonchev–Trinajstić information content (AvgIpc) is 3.39. The molecule has 38 heavy (non-hydrogen) atoms. The maximum atomic E-state index is 13.6. The number of hydrogen-bond donors (Lipinski definition) is 2. The molecule has 10 heteroatoms. The molecule has 194 valence electrons. The Balaban J connectivity index is 1.46. The van der Waals surface area contributed by atoms with Crippen molar-refractivity contribution in [2.75, 3.05) is 18.7 Å². The largest absolute Gasteiger partial charge is 0.454 e. The number of fused-ring (bicyclic) bond motifs is 2. The number of hydrogen-bond acceptors (Lipinski definition) is 6. The van der Waals surface area contributed by atoms with E-state index in [0.717, 1.165) is 16.6 Å². The third-order valence-electron chi connectivity index (χ3n) is 6.14. The lowest BCUT2D eigenvalue weighted by molar-refractivity contribution is -0.120. The zero-order valence-corrected chi connectivity index (χ0v) is 20.7. The van der Waals surface area contributed by atoms with Crippen LogP contribution in [0.15, 0.2) is 76.3 Å². The van der Waals surface area contributed by atoms with E-state index >= 15 is 0 Å². The van der Waals surface area contributed by atoms with E-state index in [1.54, 1.807) is 66.7 Å². The lowest BCUT2D eigenvalue weighted by Crippen LogP contribution is -2.40. The molecule has 0 radical (unpaired) electrons. The van der Waals surface area contributed by atoms with Crippen LogP contribution in [-0.4, -0.2) is 34.3 Å². The van der Waals surface area contributed by atoms with Crippen LogP contribution in [0.1, 0.15) is 18.9 Å². The quantitative estimate of drug-likeness (QED) is 0.373. The number of amides is 2. The zero-order valence-electron chi connectivity index (χ0n) is 20.7. The van der Waals surface area contributed by atoms with Gasteiger partial charge in [-0.25, -0.2) is 9.36 Å². The molecule has 1 aliphatic rings. The lowest BCUT2D eigenvalue weighted by Gasteiger charge is -2.14. The molecule has 10 nitrogen and oxygen atoms in total. The SMILES string of the molecule is CCCNC(=O)Cc1ccc(-n2c(=O)c3ccccc3n(CC(=O)Nc3ccc4c(c3)OCO4)c2=O)cc1. The summed E-state index contributed by atoms with van der Waals surface area (Å²) in [6.07, 6.45) is 1.04. The first-order valence-corrected chi connectivity index (χ1v) is 12.2. The van der Waals surface area contributed by atoms with E-state index in [-0.39, 0.29) is 25.7 Å². The number of para-hydroxylation sites is 1. The van der Waals surface area contributed by atoms with Crippen molar-refractivity contribution < 1.29 is 19.1 Å². The highest BCUT2D eigenvalue weighted by Crippen LogP contribution is 2.34. The Kier molecular flexibility index (Phi) is 6.94. The predicted molar refractivity (Wildman–Crippen MR) is 142 cm³/mol. The summed E-state index contributed by atoms with van der Waals surface area (Å²) >= 11 is 0. The molecule has 4 aromatic rings. The number of carbonyl (C=O) groups is 2. The fourth-order valence-corrected chi connectivity index (χ4v) is 4.30. The van der Waals surface area contributed by atoms with Gasteiger partial charge in [-0.2, -0.15) is 0 Å². The fourth-order valence-electron chi connectivity index (χ4n) is 4.30. The first kappa shape index (κ1) is 24.8. The van der Waals surface area contributed by atoms with E-state index in [0.29, 0.717) is 40.3 Å². The van der Waals surface area contributed by atoms with Crippen molar-refractivity contribution >= 4 is 28.4 Å². The Morgan fingerprint density at radius 3 is 2.47 bits per heavy atom. The van der Waals surface area contributed by atoms with E-state index in [2.05, 4.69) is 10.6 Å². The molecule has 0 spiro atoms. The number of benzene rings is 3. The van der Waals surface area contributed by atoms with Gasteiger partial charge in [-0.3, -0.25) is 19.0 Å². The molecule has 1 aromatic heterocycles. The maximum absolute atomic E-state index is 13.6. The number of nitrogens with zero attached hydrogens (tertiary/aromatic N) is 2. The van der Waals surface area contributed by atoms with Gasteiger partial charge in [0.1, 0.15) is 6.54 Å². The highest BCUT2D eigenvalue weighted by atomic mass is 16.7. The number of carbonyl (C=O) groups excluding carboxylic acids is 2. The number of anilines is 1. The minimum absolute atomic E-state index is 0.0988. The summed E-state index contributed by atoms with van der Waals surface area (Å²) in [5.74, 6) is 0.559. The van der Waals surface area contributed by atoms with E-state index < -0.39 is 17.2 Å². The summed E-state index contributed by atoms with van der Waals surface area (Å²) in [5.41, 5.74) is 0.787. The Hall–Kier alpha value is -4.86. The Morgan fingerprint density at radius 2 is 1.68 bits per heavy atom. The van der Waals surface area contributed by atoms with Crippen molar-refractivity contribution in [3.8, 4) is 17.2 Å². The number of aromatic nitrogens is 2. The second-order valence-electron chi connectivity index (χ2n) is 8.84. The Bertz CT molecular complexity index is 1640. The summed E-state index contributed by atoms with van der Waals surface area (Å²) in [6, 6.07) is 18.3. The molecule has 0 fully saturated rings. The van der Waals surface area contributed by atoms with Gasteiger partial charge in [-0.05, 0) is 48.4 Å². The van der Waals surface area contributed by atoms with Gasteiger partial charge in [0, 0.05) is 18.3 Å². The number of ether oxygens (including phenoxy) is 2. The summed E-state index contributed by atoms with van der Waals surface area (Å²) in [6.45, 7) is 2.38. The summed E-state index contributed by atoms with van der Waals surface area (Å²) in [7, 11) is 0. The van der Waals surface area contributed by atoms with Crippen LogP contribution in [-0.2, 0) is 22.6 Å². The zero-order chi connectivity index (χ0) is 26.6. The molecule has 2 N–H and O–H groups in total. The topological polar surface area (TPSA) is 121 Å². The molecule has 0 atom stereocenters. The van der Waals surface area contributed by atoms with Gasteiger partial charge < -0.3 is 20.1 Å². The Labute approximate surface area is 217 Å². The molecule has 2 amide bonds. The first-order valence-electron chi connectivity index (χ1n) is 12.2. The maximum Gasteiger partial charge on any atom is 0.336 e. The van der Waals surface area contributed by atoms with E-state index in [1.807, 2.05) is 6.92 Å². The second kappa shape index (κ2) is 10.6. The molecular weight excluding hydrogens is 488 g/mol. The van der Waals surface area contributed by atoms with Crippen molar-refractivity contribution in [3.63, 3.8) is 0 Å². The standard InChI is InChI=1S/C28H26N4O6/c1-2-13-29-25(33)14-18-7-10-20(11-8-18)32-27(35)21-5-3-4-6-22(21)31(28(32)36)16-26(34)30-19-9-12-23-24(15-19)38-17-37-23/h3-12,15H,2,13-14,16-17H2,1H3,(H,29,33)(H,30,34). The van der Waals surface area contributed by atoms with Crippen molar-refractivity contribution in [2.24, 2.45) is 0 Å². The lowest BCUT2D eigenvalue weighted by atomic mass is 10.1. The molecular formula is C28H26N4O6. The second-order valence-corrected chi connectivity index (χ2v) is 8.84. The van der Waals surface area contributed by atoms with Crippen LogP contribution in [0, 0.1) is 0 Å². The van der Waals surface area contributed by atoms with Crippen LogP contribution in [0.5, 0.6) is 11.5 Å². The fraction of sp³-hybridized carbons (Fsp3) is 0.214. The molecule has 5 rings (SSSR count). The van der Waals surface area contributed by atoms with Gasteiger partial charge in [-0.1, -0.05) is 31.2 Å². The number of nitrogens with one attached hydrogen (secondary N) is 2. The van der Waals surface area contributed by atoms with Crippen LogP contribution in [0.25, 0.3) is 16.6 Å². The van der Waals surface area contributed by atoms with E-state index in [4.69, 9.17) is 9.47 Å². The third-order valence-corrected chi connectivity index (χ3v) is 6.14. The molecule has 1 aliphatic heterocycles. The molecule has 0 unspecified atom stereocenters. The molecule has 0 aliphatic carbocycles. The predicted octanol–water partition coefficient (Wildman–Crippen LogP) is 2.59. The monoisotopic (exact) mass is 514 g/mol. The number of rotatable bonds is 8. The van der Waals surface area contributed by atoms with Crippen molar-refractivity contribution in [3.05, 3.63) is 93.1 Å². The smallest absolute Gasteiger partial charge is 0.336 e. The highest BCUT2D eigenvalue weighted by Gasteiger charge is 2.18. The average molecular weight is 515 g/mol. The van der Waals surface area contributed by atoms with Crippen LogP contribution in [0.2, 0.25) is 0 Å². The van der Waals surface area contributed by atoms with E-state index in [1.165, 1.54) is 4.57 Å². The van der Waals surface area contributed by atoms with Gasteiger partial charge in [-0.15, -0.1) is 0 Å². The van der Waals surface area contributed by atoms with Gasteiger partial charge in [0.15, 0.2) is 11.5 Å². The minimum Gasteiger partial charge on any atom is -0.454 e. The van der Waals surface area contributed by atoms with Crippen LogP contribution in [0.4, 0.5) is 5.69 Å². The molecule has 0 bridgehead atoms. The minimum atomic E-state index is -0.650. The molecule has 0 saturated carbocycles. The third kappa shape index (κ3) is 5.01. The van der Waals surface area contributed by atoms with Gasteiger partial charge >= 0.3 is 5.69 Å². The van der Waals surface area contributed by atoms with Crippen molar-refractivity contribution in [1.82, 2.24) is 14.5 Å². The first-order chi connectivity index (χ1) is 18.4. The molecule has 3 aromatic carbocycles. The highest BCUT2D eigenvalue weighted by molar-refractivity contribution is 5.92. The van der Waals surface area contributed by atoms with Crippen LogP contribution >= 0.6 is 0 Å². The molecule has 0 saturated heterocycles. The van der Waals surface area contributed by atoms with Gasteiger partial charge in [0.25, 0.3) is 5.56 Å². The van der Waals surface area contributed by atoms with E-state index in [9.17, 15) is 19.2 Å². The summed E-state index contributed by atoms with van der Waals surface area (Å²) in [5, 5.41) is 5.89. The summed E-state index contributed by atoms with van der Waals surface area (Å²) < 4.78 is 13.0. The summed E-state index contributed by atoms with van der Waals surface area (Å²) in [4.78, 5) is 51.9. The van der Waals surface area contributed by atoms with Crippen LogP contribution in [0.3, 0.4) is 0 Å². The molecule has 2 heterocycles. The van der Waals surface area contributed by atoms with Gasteiger partial charge in [0.05, 0.1) is 23.0 Å². The van der Waals surface area contributed by atoms with Crippen molar-refractivity contribution in [1.29, 1.82) is 0 Å². The Morgan fingerprint density at radius 1 is 0.921 bits per heavy atom.